The summed E-state index contributed by atoms with van der Waals surface area (Å²) in [4.78, 5) is 26.2. The van der Waals surface area contributed by atoms with E-state index in [0.29, 0.717) is 40.2 Å². The monoisotopic (exact) mass is 616 g/mol. The Morgan fingerprint density at radius 1 is 0.583 bits per heavy atom. The first-order valence-corrected chi connectivity index (χ1v) is 14.8. The molecule has 0 radical (unpaired) electrons. The van der Waals surface area contributed by atoms with Crippen LogP contribution in [0.4, 0.5) is 0 Å². The van der Waals surface area contributed by atoms with Crippen LogP contribution in [0.5, 0.6) is 0 Å². The van der Waals surface area contributed by atoms with Crippen LogP contribution < -0.4 is 24.8 Å². The van der Waals surface area contributed by atoms with Crippen molar-refractivity contribution in [3.05, 3.63) is 113 Å². The molecule has 0 saturated carbocycles. The summed E-state index contributed by atoms with van der Waals surface area (Å²) in [7, 11) is -4.79. The normalized spacial score (nSPS) is 12.6. The molecular weight excluding hydrogens is 603 g/mol. The molecule has 0 N–H and O–H groups in total. The van der Waals surface area contributed by atoms with Gasteiger partial charge < -0.3 is 0 Å². The Labute approximate surface area is 211 Å². The maximum atomic E-state index is 13.1. The quantitative estimate of drug-likeness (QED) is 0.218. The molecule has 2 aromatic heterocycles. The summed E-state index contributed by atoms with van der Waals surface area (Å²) >= 11 is -3.46. The summed E-state index contributed by atoms with van der Waals surface area (Å²) < 4.78 is 52.4. The number of rotatable bonds is 4. The molecule has 0 saturated heterocycles. The molecule has 0 unspecified atom stereocenters. The van der Waals surface area contributed by atoms with Gasteiger partial charge in [-0.05, 0) is 0 Å². The molecule has 0 atom stereocenters. The summed E-state index contributed by atoms with van der Waals surface area (Å²) in [6, 6.07) is 22.8. The van der Waals surface area contributed by atoms with Crippen LogP contribution >= 0.6 is 20.2 Å². The van der Waals surface area contributed by atoms with E-state index in [1.54, 1.807) is 72.8 Å². The van der Waals surface area contributed by atoms with Crippen molar-refractivity contribution in [2.24, 2.45) is 0 Å². The summed E-state index contributed by atoms with van der Waals surface area (Å²) in [5, 5.41) is 1.19. The zero-order valence-corrected chi connectivity index (χ0v) is 21.0. The molecule has 36 heavy (non-hydrogen) atoms. The summed E-state index contributed by atoms with van der Waals surface area (Å²) in [5.41, 5.74) is 0.875. The Morgan fingerprint density at radius 3 is 1.44 bits per heavy atom. The Hall–Kier alpha value is -3.32. The molecule has 0 fully saturated rings. The Bertz CT molecular complexity index is 1790. The van der Waals surface area contributed by atoms with Gasteiger partial charge in [0, 0.05) is 0 Å². The predicted molar refractivity (Wildman–Crippen MR) is 132 cm³/mol. The third-order valence-corrected chi connectivity index (χ3v) is 11.7. The van der Waals surface area contributed by atoms with Gasteiger partial charge in [-0.2, -0.15) is 0 Å². The van der Waals surface area contributed by atoms with Crippen molar-refractivity contribution in [2.45, 2.75) is 0 Å². The van der Waals surface area contributed by atoms with E-state index in [-0.39, 0.29) is 21.6 Å². The molecule has 0 amide bonds. The van der Waals surface area contributed by atoms with Crippen molar-refractivity contribution in [2.75, 3.05) is 0 Å². The fourth-order valence-electron chi connectivity index (χ4n) is 4.03. The van der Waals surface area contributed by atoms with Gasteiger partial charge in [-0.25, -0.2) is 0 Å². The average Bonchev–Trinajstić information content (AvgIpc) is 2.87. The van der Waals surface area contributed by atoms with Crippen LogP contribution in [-0.4, -0.2) is 0 Å². The summed E-state index contributed by atoms with van der Waals surface area (Å²) in [6.45, 7) is 0. The summed E-state index contributed by atoms with van der Waals surface area (Å²) in [6.07, 6.45) is 0. The van der Waals surface area contributed by atoms with Gasteiger partial charge in [0.25, 0.3) is 0 Å². The van der Waals surface area contributed by atoms with E-state index in [1.165, 1.54) is 12.1 Å². The fourth-order valence-corrected chi connectivity index (χ4v) is 9.60. The third kappa shape index (κ3) is 4.05. The van der Waals surface area contributed by atoms with Crippen molar-refractivity contribution < 1.29 is 35.7 Å². The maximum absolute atomic E-state index is 13.1. The third-order valence-electron chi connectivity index (χ3n) is 5.60. The zero-order chi connectivity index (χ0) is 25.0. The molecule has 10 heteroatoms. The van der Waals surface area contributed by atoms with Crippen molar-refractivity contribution in [1.29, 1.82) is 0 Å². The van der Waals surface area contributed by atoms with Crippen LogP contribution in [0, 0.1) is 17.4 Å². The van der Waals surface area contributed by atoms with Crippen LogP contribution in [0.1, 0.15) is 0 Å². The number of hydrogen-bond acceptors (Lipinski definition) is 8. The van der Waals surface area contributed by atoms with E-state index in [1.807, 2.05) is 0 Å². The van der Waals surface area contributed by atoms with Gasteiger partial charge in [-0.3, -0.25) is 0 Å². The molecule has 0 aliphatic rings. The van der Waals surface area contributed by atoms with Gasteiger partial charge in [0.2, 0.25) is 0 Å². The van der Waals surface area contributed by atoms with E-state index in [0.717, 1.165) is 0 Å². The molecule has 8 nitrogen and oxygen atoms in total. The predicted octanol–water partition coefficient (Wildman–Crippen LogP) is 2.58. The van der Waals surface area contributed by atoms with Crippen LogP contribution in [0.15, 0.2) is 103 Å². The Kier molecular flexibility index (Phi) is 5.56. The average molecular weight is 617 g/mol. The summed E-state index contributed by atoms with van der Waals surface area (Å²) in [5.74, 6) is 0. The molecule has 4 aromatic carbocycles. The SMILES string of the molecule is O=c1c2ccccc2oc2ccc(I(O[Cl+3]([O-])([O-])[O-])c3ccc4oc5ccccc5c(=O)c4c3)cc12. The van der Waals surface area contributed by atoms with Crippen LogP contribution in [0.3, 0.4) is 0 Å². The van der Waals surface area contributed by atoms with Crippen LogP contribution in [-0.2, 0) is 2.62 Å². The number of hydrogen-bond donors (Lipinski definition) is 0. The molecule has 0 aliphatic heterocycles. The van der Waals surface area contributed by atoms with Gasteiger partial charge in [-0.15, -0.1) is 0 Å². The van der Waals surface area contributed by atoms with Gasteiger partial charge in [-0.1, -0.05) is 0 Å². The van der Waals surface area contributed by atoms with Gasteiger partial charge >= 0.3 is 212 Å². The Morgan fingerprint density at radius 2 is 1.00 bits per heavy atom. The number of fused-ring (bicyclic) bond motifs is 4. The van der Waals surface area contributed by atoms with Crippen molar-refractivity contribution in [3.63, 3.8) is 0 Å². The van der Waals surface area contributed by atoms with Crippen LogP contribution in [0.2, 0.25) is 0 Å². The zero-order valence-electron chi connectivity index (χ0n) is 18.1. The van der Waals surface area contributed by atoms with E-state index in [4.69, 9.17) is 11.5 Å². The first-order chi connectivity index (χ1) is 17.3. The number of para-hydroxylation sites is 2. The van der Waals surface area contributed by atoms with E-state index < -0.39 is 30.5 Å². The first kappa shape index (κ1) is 23.1. The molecule has 0 spiro atoms. The molecular formula is C26H14ClIO8. The topological polar surface area (TPSA) is 139 Å². The molecule has 0 aliphatic carbocycles. The minimum atomic E-state index is -4.79. The molecule has 0 bridgehead atoms. The first-order valence-electron chi connectivity index (χ1n) is 10.5. The van der Waals surface area contributed by atoms with Crippen molar-refractivity contribution in [3.8, 4) is 0 Å². The van der Waals surface area contributed by atoms with Crippen molar-refractivity contribution in [1.82, 2.24) is 0 Å². The van der Waals surface area contributed by atoms with Gasteiger partial charge in [0.05, 0.1) is 0 Å². The fraction of sp³-hybridized carbons (Fsp3) is 0. The van der Waals surface area contributed by atoms with E-state index in [9.17, 15) is 23.6 Å². The molecule has 180 valence electrons. The molecule has 2 heterocycles. The van der Waals surface area contributed by atoms with Crippen LogP contribution in [0.25, 0.3) is 43.9 Å². The van der Waals surface area contributed by atoms with Crippen molar-refractivity contribution >= 4 is 64.1 Å². The van der Waals surface area contributed by atoms with E-state index >= 15 is 0 Å². The van der Waals surface area contributed by atoms with Gasteiger partial charge in [0.15, 0.2) is 0 Å². The van der Waals surface area contributed by atoms with Gasteiger partial charge in [0.1, 0.15) is 0 Å². The standard InChI is InChI=1S/C26H14ClIO8/c29-25-17-5-1-3-7-21(17)34-23-11-9-15(13-19(23)25)28(36-27(31,32)33)16-10-12-24-20(14-16)26(30)18-6-2-4-8-22(18)35-24/h1-14H. The second-order valence-electron chi connectivity index (χ2n) is 7.82. The second-order valence-corrected chi connectivity index (χ2v) is 13.6. The molecule has 6 aromatic rings. The number of benzene rings is 4. The Balaban J connectivity index is 1.56. The number of halogens is 2. The minimum absolute atomic E-state index is 0.225. The van der Waals surface area contributed by atoms with E-state index in [2.05, 4.69) is 0 Å². The molecule has 6 rings (SSSR count). The second kappa shape index (κ2) is 8.66.